The Morgan fingerprint density at radius 3 is 2.68 bits per heavy atom. The van der Waals surface area contributed by atoms with Gasteiger partial charge in [-0.3, -0.25) is 9.69 Å². The lowest BCUT2D eigenvalue weighted by Crippen LogP contribution is -2.38. The molecular formula is C18H28N2O2. The Bertz CT molecular complexity index is 557. The van der Waals surface area contributed by atoms with Crippen LogP contribution in [0.15, 0.2) is 11.0 Å². The van der Waals surface area contributed by atoms with E-state index in [0.29, 0.717) is 6.10 Å². The maximum absolute atomic E-state index is 12.1. The van der Waals surface area contributed by atoms with Crippen LogP contribution in [-0.2, 0) is 11.3 Å². The summed E-state index contributed by atoms with van der Waals surface area (Å²) in [4.78, 5) is 18.0. The minimum atomic E-state index is 0.175. The summed E-state index contributed by atoms with van der Waals surface area (Å²) in [7, 11) is 0. The molecule has 122 valence electrons. The van der Waals surface area contributed by atoms with E-state index < -0.39 is 0 Å². The number of hydrogen-bond donors (Lipinski definition) is 1. The van der Waals surface area contributed by atoms with Crippen LogP contribution in [0.3, 0.4) is 0 Å². The van der Waals surface area contributed by atoms with Gasteiger partial charge < -0.3 is 9.72 Å². The quantitative estimate of drug-likeness (QED) is 0.879. The zero-order valence-electron chi connectivity index (χ0n) is 13.9. The zero-order valence-corrected chi connectivity index (χ0v) is 13.9. The number of aryl methyl sites for hydroxylation is 1. The van der Waals surface area contributed by atoms with Crippen LogP contribution in [0.1, 0.15) is 48.9 Å². The summed E-state index contributed by atoms with van der Waals surface area (Å²) in [5.74, 6) is 0.832. The Hall–Kier alpha value is -1.13. The van der Waals surface area contributed by atoms with Crippen LogP contribution in [0.2, 0.25) is 0 Å². The molecule has 1 aliphatic heterocycles. The summed E-state index contributed by atoms with van der Waals surface area (Å²) in [6.45, 7) is 7.67. The summed E-state index contributed by atoms with van der Waals surface area (Å²) < 4.78 is 5.81. The summed E-state index contributed by atoms with van der Waals surface area (Å²) in [6.07, 6.45) is 8.65. The molecule has 2 heterocycles. The minimum Gasteiger partial charge on any atom is -0.377 e. The molecule has 0 amide bonds. The van der Waals surface area contributed by atoms with E-state index in [1.807, 2.05) is 20.0 Å². The monoisotopic (exact) mass is 304 g/mol. The molecule has 0 bridgehead atoms. The van der Waals surface area contributed by atoms with Crippen LogP contribution < -0.4 is 5.43 Å². The number of aromatic nitrogens is 1. The molecule has 4 heteroatoms. The standard InChI is InChI=1S/C18H28N2O2/c1-13-9-19-17(14(2)18(13)21)12-20(10-15-5-3-6-15)11-16-7-4-8-22-16/h9,15-16H,3-8,10-12H2,1-2H3,(H,19,21)/t16-/m0/s1. The highest BCUT2D eigenvalue weighted by Gasteiger charge is 2.25. The van der Waals surface area contributed by atoms with Crippen LogP contribution in [0.5, 0.6) is 0 Å². The molecule has 1 aromatic heterocycles. The highest BCUT2D eigenvalue weighted by molar-refractivity contribution is 5.23. The minimum absolute atomic E-state index is 0.175. The second-order valence-corrected chi connectivity index (χ2v) is 7.03. The fourth-order valence-corrected chi connectivity index (χ4v) is 3.51. The van der Waals surface area contributed by atoms with Crippen molar-refractivity contribution in [1.82, 2.24) is 9.88 Å². The molecule has 1 N–H and O–H groups in total. The maximum Gasteiger partial charge on any atom is 0.187 e. The average Bonchev–Trinajstić information content (AvgIpc) is 2.96. The van der Waals surface area contributed by atoms with Crippen molar-refractivity contribution < 1.29 is 4.74 Å². The highest BCUT2D eigenvalue weighted by Crippen LogP contribution is 2.28. The molecule has 2 aliphatic rings. The van der Waals surface area contributed by atoms with E-state index in [-0.39, 0.29) is 5.43 Å². The van der Waals surface area contributed by atoms with Gasteiger partial charge in [-0.05, 0) is 45.4 Å². The van der Waals surface area contributed by atoms with Crippen molar-refractivity contribution in [1.29, 1.82) is 0 Å². The first kappa shape index (κ1) is 15.8. The Balaban J connectivity index is 1.70. The summed E-state index contributed by atoms with van der Waals surface area (Å²) in [5.41, 5.74) is 2.90. The van der Waals surface area contributed by atoms with Crippen molar-refractivity contribution in [3.05, 3.63) is 33.2 Å². The van der Waals surface area contributed by atoms with Crippen molar-refractivity contribution in [2.45, 2.75) is 58.6 Å². The molecule has 1 saturated heterocycles. The first-order chi connectivity index (χ1) is 10.6. The molecule has 0 spiro atoms. The molecule has 4 nitrogen and oxygen atoms in total. The van der Waals surface area contributed by atoms with Crippen LogP contribution in [0, 0.1) is 19.8 Å². The third-order valence-corrected chi connectivity index (χ3v) is 5.22. The molecule has 0 radical (unpaired) electrons. The maximum atomic E-state index is 12.1. The van der Waals surface area contributed by atoms with Crippen molar-refractivity contribution in [2.75, 3.05) is 19.7 Å². The van der Waals surface area contributed by atoms with Gasteiger partial charge in [-0.15, -0.1) is 0 Å². The molecule has 0 unspecified atom stereocenters. The summed E-state index contributed by atoms with van der Waals surface area (Å²) >= 11 is 0. The van der Waals surface area contributed by atoms with Crippen LogP contribution >= 0.6 is 0 Å². The number of hydrogen-bond acceptors (Lipinski definition) is 3. The van der Waals surface area contributed by atoms with Gasteiger partial charge in [-0.25, -0.2) is 0 Å². The fourth-order valence-electron chi connectivity index (χ4n) is 3.51. The molecule has 1 atom stereocenters. The average molecular weight is 304 g/mol. The van der Waals surface area contributed by atoms with E-state index in [1.165, 1.54) is 32.1 Å². The normalized spacial score (nSPS) is 22.2. The van der Waals surface area contributed by atoms with E-state index in [2.05, 4.69) is 9.88 Å². The van der Waals surface area contributed by atoms with Gasteiger partial charge in [0.15, 0.2) is 5.43 Å². The number of nitrogens with one attached hydrogen (secondary N) is 1. The van der Waals surface area contributed by atoms with Gasteiger partial charge in [0.2, 0.25) is 0 Å². The Morgan fingerprint density at radius 2 is 2.05 bits per heavy atom. The topological polar surface area (TPSA) is 45.3 Å². The van der Waals surface area contributed by atoms with Gasteiger partial charge in [0.05, 0.1) is 6.10 Å². The van der Waals surface area contributed by atoms with Crippen molar-refractivity contribution in [2.24, 2.45) is 5.92 Å². The second-order valence-electron chi connectivity index (χ2n) is 7.03. The molecule has 1 saturated carbocycles. The Kier molecular flexibility index (Phi) is 4.99. The highest BCUT2D eigenvalue weighted by atomic mass is 16.5. The third-order valence-electron chi connectivity index (χ3n) is 5.22. The molecule has 0 aromatic carbocycles. The summed E-state index contributed by atoms with van der Waals surface area (Å²) in [5, 5.41) is 0. The number of pyridine rings is 1. The van der Waals surface area contributed by atoms with Crippen LogP contribution in [-0.4, -0.2) is 35.7 Å². The van der Waals surface area contributed by atoms with Gasteiger partial charge in [-0.1, -0.05) is 6.42 Å². The lowest BCUT2D eigenvalue weighted by molar-refractivity contribution is 0.0574. The second kappa shape index (κ2) is 6.97. The molecule has 22 heavy (non-hydrogen) atoms. The van der Waals surface area contributed by atoms with Gasteiger partial charge >= 0.3 is 0 Å². The van der Waals surface area contributed by atoms with Crippen LogP contribution in [0.25, 0.3) is 0 Å². The zero-order chi connectivity index (χ0) is 15.5. The largest absolute Gasteiger partial charge is 0.377 e. The van der Waals surface area contributed by atoms with Crippen molar-refractivity contribution >= 4 is 0 Å². The van der Waals surface area contributed by atoms with E-state index in [0.717, 1.165) is 49.0 Å². The molecular weight excluding hydrogens is 276 g/mol. The van der Waals surface area contributed by atoms with Crippen LogP contribution in [0.4, 0.5) is 0 Å². The summed E-state index contributed by atoms with van der Waals surface area (Å²) in [6, 6.07) is 0. The van der Waals surface area contributed by atoms with E-state index in [1.54, 1.807) is 0 Å². The SMILES string of the molecule is Cc1c[nH]c(CN(CC2CCC2)C[C@@H]2CCCO2)c(C)c1=O. The van der Waals surface area contributed by atoms with Crippen molar-refractivity contribution in [3.63, 3.8) is 0 Å². The lowest BCUT2D eigenvalue weighted by atomic mass is 9.85. The number of aromatic amines is 1. The first-order valence-corrected chi connectivity index (χ1v) is 8.65. The number of rotatable bonds is 6. The van der Waals surface area contributed by atoms with E-state index in [9.17, 15) is 4.79 Å². The number of H-pyrrole nitrogens is 1. The van der Waals surface area contributed by atoms with Gasteiger partial charge in [0, 0.05) is 49.3 Å². The first-order valence-electron chi connectivity index (χ1n) is 8.65. The molecule has 1 aromatic rings. The lowest BCUT2D eigenvalue weighted by Gasteiger charge is -2.33. The predicted octanol–water partition coefficient (Wildman–Crippen LogP) is 2.77. The smallest absolute Gasteiger partial charge is 0.187 e. The van der Waals surface area contributed by atoms with Gasteiger partial charge in [-0.2, -0.15) is 0 Å². The Morgan fingerprint density at radius 1 is 1.23 bits per heavy atom. The van der Waals surface area contributed by atoms with E-state index in [4.69, 9.17) is 4.74 Å². The van der Waals surface area contributed by atoms with Gasteiger partial charge in [0.1, 0.15) is 0 Å². The number of nitrogens with zero attached hydrogens (tertiary/aromatic N) is 1. The van der Waals surface area contributed by atoms with Crippen molar-refractivity contribution in [3.8, 4) is 0 Å². The molecule has 3 rings (SSSR count). The van der Waals surface area contributed by atoms with E-state index >= 15 is 0 Å². The Labute approximate surface area is 132 Å². The number of ether oxygens (including phenoxy) is 1. The molecule has 2 fully saturated rings. The van der Waals surface area contributed by atoms with Gasteiger partial charge in [0.25, 0.3) is 0 Å². The molecule has 1 aliphatic carbocycles. The predicted molar refractivity (Wildman–Crippen MR) is 88.1 cm³/mol. The fraction of sp³-hybridized carbons (Fsp3) is 0.722. The third kappa shape index (κ3) is 3.61.